The Balaban J connectivity index is 2.08. The highest BCUT2D eigenvalue weighted by Crippen LogP contribution is 2.25. The van der Waals surface area contributed by atoms with Crippen molar-refractivity contribution in [1.82, 2.24) is 4.90 Å². The molecule has 1 saturated heterocycles. The molecule has 1 fully saturated rings. The maximum absolute atomic E-state index is 3.22. The number of fused-ring (bicyclic) bond motifs is 1. The highest BCUT2D eigenvalue weighted by Gasteiger charge is 2.25. The molecule has 1 radical (unpaired) electrons. The summed E-state index contributed by atoms with van der Waals surface area (Å²) < 4.78 is 0. The number of hydrogen-bond donors (Lipinski definition) is 0. The van der Waals surface area contributed by atoms with E-state index >= 15 is 0 Å². The van der Waals surface area contributed by atoms with Crippen molar-refractivity contribution in [2.45, 2.75) is 25.3 Å². The van der Waals surface area contributed by atoms with Crippen molar-refractivity contribution in [2.24, 2.45) is 0 Å². The van der Waals surface area contributed by atoms with E-state index in [0.29, 0.717) is 0 Å². The Kier molecular flexibility index (Phi) is 0.833. The average molecular weight is 108 g/mol. The lowest BCUT2D eigenvalue weighted by atomic mass is 9.96. The van der Waals surface area contributed by atoms with E-state index in [0.717, 1.165) is 6.04 Å². The zero-order valence-corrected chi connectivity index (χ0v) is 4.93. The van der Waals surface area contributed by atoms with E-state index in [4.69, 9.17) is 0 Å². The molecule has 8 heavy (non-hydrogen) atoms. The Bertz CT molecular complexity index is 118. The third kappa shape index (κ3) is 0.473. The molecule has 0 aliphatic carbocycles. The molecule has 0 aromatic carbocycles. The minimum absolute atomic E-state index is 0.899. The molecule has 0 spiro atoms. The summed E-state index contributed by atoms with van der Waals surface area (Å²) >= 11 is 0. The summed E-state index contributed by atoms with van der Waals surface area (Å²) in [4.78, 5) is 2.38. The first-order valence-corrected chi connectivity index (χ1v) is 3.29. The molecule has 0 saturated carbocycles. The van der Waals surface area contributed by atoms with Crippen molar-refractivity contribution in [3.8, 4) is 0 Å². The number of nitrogens with zero attached hydrogens (tertiary/aromatic N) is 1. The molecule has 0 aromatic rings. The molecule has 0 N–H and O–H groups in total. The van der Waals surface area contributed by atoms with Gasteiger partial charge in [0.15, 0.2) is 0 Å². The maximum atomic E-state index is 3.22. The van der Waals surface area contributed by atoms with Crippen molar-refractivity contribution in [1.29, 1.82) is 0 Å². The molecule has 2 heterocycles. The van der Waals surface area contributed by atoms with Gasteiger partial charge in [0, 0.05) is 18.8 Å². The van der Waals surface area contributed by atoms with Crippen LogP contribution in [0.5, 0.6) is 0 Å². The van der Waals surface area contributed by atoms with E-state index in [1.807, 2.05) is 0 Å². The Morgan fingerprint density at radius 3 is 2.88 bits per heavy atom. The van der Waals surface area contributed by atoms with Crippen molar-refractivity contribution >= 4 is 0 Å². The zero-order valence-electron chi connectivity index (χ0n) is 4.93. The Morgan fingerprint density at radius 1 is 1.50 bits per heavy atom. The van der Waals surface area contributed by atoms with Crippen LogP contribution in [0, 0.1) is 6.08 Å². The molecule has 2 aliphatic heterocycles. The molecule has 0 aromatic heterocycles. The molecule has 1 atom stereocenters. The van der Waals surface area contributed by atoms with Gasteiger partial charge in [-0.2, -0.15) is 0 Å². The number of allylic oxidation sites excluding steroid dienone is 1. The topological polar surface area (TPSA) is 3.24 Å². The molecule has 43 valence electrons. The Hall–Kier alpha value is -0.460. The molecule has 1 heteroatoms. The minimum atomic E-state index is 0.899. The second-order valence-corrected chi connectivity index (χ2v) is 2.55. The summed E-state index contributed by atoms with van der Waals surface area (Å²) in [5.41, 5.74) is 0. The summed E-state index contributed by atoms with van der Waals surface area (Å²) in [6.45, 7) is 1.28. The van der Waals surface area contributed by atoms with Gasteiger partial charge in [0.1, 0.15) is 0 Å². The highest BCUT2D eigenvalue weighted by atomic mass is 15.2. The molecule has 1 unspecified atom stereocenters. The van der Waals surface area contributed by atoms with Gasteiger partial charge in [-0.05, 0) is 25.3 Å². The van der Waals surface area contributed by atoms with E-state index in [2.05, 4.69) is 17.2 Å². The molecule has 0 bridgehead atoms. The highest BCUT2D eigenvalue weighted by molar-refractivity contribution is 4.95. The van der Waals surface area contributed by atoms with Crippen LogP contribution in [0.2, 0.25) is 0 Å². The van der Waals surface area contributed by atoms with Crippen LogP contribution in [-0.4, -0.2) is 17.5 Å². The van der Waals surface area contributed by atoms with Gasteiger partial charge in [-0.1, -0.05) is 0 Å². The van der Waals surface area contributed by atoms with Gasteiger partial charge in [-0.15, -0.1) is 0 Å². The van der Waals surface area contributed by atoms with Crippen LogP contribution >= 0.6 is 0 Å². The fourth-order valence-corrected chi connectivity index (χ4v) is 1.37. The normalized spacial score (nSPS) is 34.0. The predicted molar refractivity (Wildman–Crippen MR) is 32.2 cm³/mol. The largest absolute Gasteiger partial charge is 0.374 e. The van der Waals surface area contributed by atoms with E-state index in [9.17, 15) is 0 Å². The lowest BCUT2D eigenvalue weighted by Crippen LogP contribution is -2.44. The minimum Gasteiger partial charge on any atom is -0.374 e. The smallest absolute Gasteiger partial charge is 0.0304 e. The monoisotopic (exact) mass is 108 g/mol. The molecule has 2 aliphatic rings. The lowest BCUT2D eigenvalue weighted by Gasteiger charge is -2.42. The third-order valence-electron chi connectivity index (χ3n) is 2.07. The molecule has 0 amide bonds. The van der Waals surface area contributed by atoms with Gasteiger partial charge in [-0.25, -0.2) is 0 Å². The zero-order chi connectivity index (χ0) is 5.40. The first-order chi connectivity index (χ1) is 3.97. The van der Waals surface area contributed by atoms with Gasteiger partial charge in [0.2, 0.25) is 0 Å². The van der Waals surface area contributed by atoms with Crippen LogP contribution in [0.4, 0.5) is 0 Å². The molecule has 2 rings (SSSR count). The standard InChI is InChI=1S/C7H10N/c1-2-5-8-6-4-7(8)3-1/h5,7H,1,3-4,6H2. The Labute approximate surface area is 50.0 Å². The van der Waals surface area contributed by atoms with Crippen LogP contribution in [0.1, 0.15) is 19.3 Å². The van der Waals surface area contributed by atoms with E-state index in [1.165, 1.54) is 25.8 Å². The van der Waals surface area contributed by atoms with Gasteiger partial charge in [0.05, 0.1) is 0 Å². The van der Waals surface area contributed by atoms with Gasteiger partial charge in [-0.3, -0.25) is 0 Å². The fraction of sp³-hybridized carbons (Fsp3) is 0.714. The molecule has 1 nitrogen and oxygen atoms in total. The van der Waals surface area contributed by atoms with Crippen LogP contribution in [0.15, 0.2) is 6.20 Å². The van der Waals surface area contributed by atoms with Crippen molar-refractivity contribution < 1.29 is 0 Å². The third-order valence-corrected chi connectivity index (χ3v) is 2.07. The summed E-state index contributed by atoms with van der Waals surface area (Å²) in [7, 11) is 0. The molecular formula is C7H10N. The summed E-state index contributed by atoms with van der Waals surface area (Å²) in [5.74, 6) is 0. The summed E-state index contributed by atoms with van der Waals surface area (Å²) in [6, 6.07) is 0.899. The van der Waals surface area contributed by atoms with E-state index < -0.39 is 0 Å². The number of rotatable bonds is 0. The predicted octanol–water partition coefficient (Wildman–Crippen LogP) is 1.17. The average Bonchev–Trinajstić information content (AvgIpc) is 1.72. The number of hydrogen-bond acceptors (Lipinski definition) is 1. The Morgan fingerprint density at radius 2 is 2.50 bits per heavy atom. The van der Waals surface area contributed by atoms with Gasteiger partial charge < -0.3 is 4.90 Å². The van der Waals surface area contributed by atoms with Crippen LogP contribution in [-0.2, 0) is 0 Å². The van der Waals surface area contributed by atoms with Crippen molar-refractivity contribution in [3.05, 3.63) is 12.3 Å². The van der Waals surface area contributed by atoms with Crippen LogP contribution in [0.25, 0.3) is 0 Å². The van der Waals surface area contributed by atoms with E-state index in [1.54, 1.807) is 0 Å². The van der Waals surface area contributed by atoms with Crippen molar-refractivity contribution in [3.63, 3.8) is 0 Å². The first kappa shape index (κ1) is 4.42. The fourth-order valence-electron chi connectivity index (χ4n) is 1.37. The summed E-state index contributed by atoms with van der Waals surface area (Å²) in [5, 5.41) is 0. The molecular weight excluding hydrogens is 98.1 g/mol. The SMILES string of the molecule is [C]1=CN2CCC2CC1. The van der Waals surface area contributed by atoms with Crippen molar-refractivity contribution in [2.75, 3.05) is 6.54 Å². The first-order valence-electron chi connectivity index (χ1n) is 3.29. The van der Waals surface area contributed by atoms with Gasteiger partial charge in [0.25, 0.3) is 0 Å². The van der Waals surface area contributed by atoms with Crippen LogP contribution in [0.3, 0.4) is 0 Å². The maximum Gasteiger partial charge on any atom is 0.0304 e. The van der Waals surface area contributed by atoms with Crippen LogP contribution < -0.4 is 0 Å². The second kappa shape index (κ2) is 1.51. The quantitative estimate of drug-likeness (QED) is 0.450. The second-order valence-electron chi connectivity index (χ2n) is 2.55. The van der Waals surface area contributed by atoms with Gasteiger partial charge >= 0.3 is 0 Å². The summed E-state index contributed by atoms with van der Waals surface area (Å²) in [6.07, 6.45) is 9.28. The lowest BCUT2D eigenvalue weighted by molar-refractivity contribution is 0.134. The van der Waals surface area contributed by atoms with E-state index in [-0.39, 0.29) is 0 Å².